The highest BCUT2D eigenvalue weighted by atomic mass is 14.3. The van der Waals surface area contributed by atoms with Gasteiger partial charge >= 0.3 is 0 Å². The quantitative estimate of drug-likeness (QED) is 0.364. The topological polar surface area (TPSA) is 0 Å². The van der Waals surface area contributed by atoms with E-state index in [1.807, 2.05) is 0 Å². The predicted molar refractivity (Wildman–Crippen MR) is 50.1 cm³/mol. The molecule has 1 fully saturated rings. The van der Waals surface area contributed by atoms with Crippen LogP contribution < -0.4 is 0 Å². The molecule has 0 aromatic carbocycles. The number of hydrogen-bond acceptors (Lipinski definition) is 0. The second kappa shape index (κ2) is 2.15. The van der Waals surface area contributed by atoms with Gasteiger partial charge in [0.2, 0.25) is 0 Å². The van der Waals surface area contributed by atoms with Crippen LogP contribution in [0, 0.1) is 0 Å². The second-order valence-electron chi connectivity index (χ2n) is 4.76. The summed E-state index contributed by atoms with van der Waals surface area (Å²) >= 11 is 0. The van der Waals surface area contributed by atoms with Crippen molar-refractivity contribution in [2.45, 2.75) is 50.2 Å². The van der Waals surface area contributed by atoms with Crippen LogP contribution in [0.1, 0.15) is 39.5 Å². The highest BCUT2D eigenvalue weighted by Crippen LogP contribution is 2.54. The van der Waals surface area contributed by atoms with Crippen molar-refractivity contribution in [3.8, 4) is 0 Å². The van der Waals surface area contributed by atoms with E-state index in [-0.39, 0.29) is 0 Å². The van der Waals surface area contributed by atoms with Crippen molar-refractivity contribution in [1.29, 1.82) is 0 Å². The van der Waals surface area contributed by atoms with Crippen molar-refractivity contribution in [2.75, 3.05) is 0 Å². The first-order chi connectivity index (χ1) is 5.12. The molecule has 1 saturated heterocycles. The molecule has 0 aliphatic carbocycles. The van der Waals surface area contributed by atoms with Crippen LogP contribution in [0.15, 0.2) is 12.2 Å². The van der Waals surface area contributed by atoms with E-state index in [1.165, 1.54) is 25.7 Å². The Morgan fingerprint density at radius 2 is 2.09 bits per heavy atom. The Bertz CT molecular complexity index is 197. The van der Waals surface area contributed by atoms with E-state index < -0.39 is 0 Å². The number of rotatable bonds is 0. The van der Waals surface area contributed by atoms with E-state index >= 15 is 0 Å². The van der Waals surface area contributed by atoms with Crippen LogP contribution in [-0.4, -0.2) is 7.28 Å². The molecule has 0 aromatic heterocycles. The Morgan fingerprint density at radius 1 is 1.27 bits per heavy atom. The standard InChI is InChI=1S/C10H16B/c1-9-5-3-7-10(2,11-9)8-4-6-9/h3,5H,4,6-8H2,1-2H3. The maximum absolute atomic E-state index is 2.57. The third kappa shape index (κ3) is 1.26. The molecule has 11 heavy (non-hydrogen) atoms. The summed E-state index contributed by atoms with van der Waals surface area (Å²) in [6, 6.07) is 0. The molecule has 0 N–H and O–H groups in total. The zero-order chi connectivity index (χ0) is 7.95. The SMILES string of the molecule is CC12[B]C(C)(CC=C1)CCC2. The number of allylic oxidation sites excluding steroid dienone is 2. The van der Waals surface area contributed by atoms with Gasteiger partial charge < -0.3 is 0 Å². The molecule has 2 aliphatic heterocycles. The molecular weight excluding hydrogens is 131 g/mol. The number of fused-ring (bicyclic) bond motifs is 2. The molecule has 1 heteroatoms. The lowest BCUT2D eigenvalue weighted by Gasteiger charge is -2.45. The smallest absolute Gasteiger partial charge is 0.0906 e. The molecule has 0 spiro atoms. The summed E-state index contributed by atoms with van der Waals surface area (Å²) in [6.45, 7) is 4.76. The minimum Gasteiger partial charge on any atom is -0.0906 e. The third-order valence-electron chi connectivity index (χ3n) is 3.22. The van der Waals surface area contributed by atoms with E-state index in [0.29, 0.717) is 10.6 Å². The lowest BCUT2D eigenvalue weighted by molar-refractivity contribution is 0.424. The van der Waals surface area contributed by atoms with Crippen LogP contribution >= 0.6 is 0 Å². The predicted octanol–water partition coefficient (Wildman–Crippen LogP) is 3.19. The molecule has 2 heterocycles. The first-order valence-electron chi connectivity index (χ1n) is 4.67. The molecular formula is C10H16B. The summed E-state index contributed by atoms with van der Waals surface area (Å²) in [7, 11) is 2.57. The van der Waals surface area contributed by atoms with Crippen molar-refractivity contribution in [1.82, 2.24) is 0 Å². The summed E-state index contributed by atoms with van der Waals surface area (Å²) < 4.78 is 0. The van der Waals surface area contributed by atoms with Gasteiger partial charge in [0.15, 0.2) is 0 Å². The zero-order valence-corrected chi connectivity index (χ0v) is 7.56. The highest BCUT2D eigenvalue weighted by molar-refractivity contribution is 6.45. The lowest BCUT2D eigenvalue weighted by Crippen LogP contribution is -2.33. The van der Waals surface area contributed by atoms with E-state index in [2.05, 4.69) is 33.3 Å². The van der Waals surface area contributed by atoms with Crippen LogP contribution in [0.2, 0.25) is 10.6 Å². The molecule has 2 unspecified atom stereocenters. The monoisotopic (exact) mass is 147 g/mol. The molecule has 1 radical (unpaired) electrons. The van der Waals surface area contributed by atoms with Crippen molar-refractivity contribution in [2.24, 2.45) is 0 Å². The maximum atomic E-state index is 2.57. The fraction of sp³-hybridized carbons (Fsp3) is 0.800. The van der Waals surface area contributed by atoms with Gasteiger partial charge in [-0.2, -0.15) is 0 Å². The fourth-order valence-corrected chi connectivity index (χ4v) is 2.70. The maximum Gasteiger partial charge on any atom is 0.131 e. The highest BCUT2D eigenvalue weighted by Gasteiger charge is 2.40. The normalized spacial score (nSPS) is 48.5. The molecule has 0 aromatic rings. The average molecular weight is 147 g/mol. The molecule has 2 bridgehead atoms. The Balaban J connectivity index is 2.27. The Kier molecular flexibility index (Phi) is 1.46. The van der Waals surface area contributed by atoms with Gasteiger partial charge in [-0.3, -0.25) is 0 Å². The van der Waals surface area contributed by atoms with Gasteiger partial charge in [0.05, 0.1) is 0 Å². The largest absolute Gasteiger partial charge is 0.131 e. The summed E-state index contributed by atoms with van der Waals surface area (Å²) in [5.74, 6) is 0. The van der Waals surface area contributed by atoms with Crippen molar-refractivity contribution in [3.05, 3.63) is 12.2 Å². The summed E-state index contributed by atoms with van der Waals surface area (Å²) in [5, 5.41) is 0.965. The Hall–Kier alpha value is -0.195. The molecule has 59 valence electrons. The third-order valence-corrected chi connectivity index (χ3v) is 3.22. The molecule has 2 aliphatic rings. The van der Waals surface area contributed by atoms with Gasteiger partial charge in [-0.25, -0.2) is 0 Å². The lowest BCUT2D eigenvalue weighted by atomic mass is 9.32. The molecule has 2 rings (SSSR count). The van der Waals surface area contributed by atoms with Crippen LogP contribution in [0.4, 0.5) is 0 Å². The van der Waals surface area contributed by atoms with Crippen LogP contribution in [-0.2, 0) is 0 Å². The van der Waals surface area contributed by atoms with Gasteiger partial charge in [0, 0.05) is 0 Å². The molecule has 0 nitrogen and oxygen atoms in total. The summed E-state index contributed by atoms with van der Waals surface area (Å²) in [6.07, 6.45) is 10.2. The van der Waals surface area contributed by atoms with Gasteiger partial charge in [-0.05, 0) is 11.7 Å². The second-order valence-corrected chi connectivity index (χ2v) is 4.76. The molecule has 2 atom stereocenters. The summed E-state index contributed by atoms with van der Waals surface area (Å²) in [5.41, 5.74) is 0. The van der Waals surface area contributed by atoms with Crippen molar-refractivity contribution in [3.63, 3.8) is 0 Å². The molecule has 0 saturated carbocycles. The zero-order valence-electron chi connectivity index (χ0n) is 7.56. The van der Waals surface area contributed by atoms with Crippen molar-refractivity contribution >= 4 is 7.28 Å². The minimum atomic E-state index is 0.436. The van der Waals surface area contributed by atoms with E-state index in [0.717, 1.165) is 0 Å². The van der Waals surface area contributed by atoms with Crippen LogP contribution in [0.3, 0.4) is 0 Å². The van der Waals surface area contributed by atoms with Crippen molar-refractivity contribution < 1.29 is 0 Å². The van der Waals surface area contributed by atoms with E-state index in [9.17, 15) is 0 Å². The van der Waals surface area contributed by atoms with E-state index in [4.69, 9.17) is 0 Å². The first kappa shape index (κ1) is 7.45. The van der Waals surface area contributed by atoms with Gasteiger partial charge in [0.25, 0.3) is 0 Å². The first-order valence-corrected chi connectivity index (χ1v) is 4.67. The molecule has 0 amide bonds. The van der Waals surface area contributed by atoms with Gasteiger partial charge in [-0.1, -0.05) is 50.6 Å². The minimum absolute atomic E-state index is 0.436. The Morgan fingerprint density at radius 3 is 2.73 bits per heavy atom. The van der Waals surface area contributed by atoms with E-state index in [1.54, 1.807) is 0 Å². The summed E-state index contributed by atoms with van der Waals surface area (Å²) in [4.78, 5) is 0. The van der Waals surface area contributed by atoms with Gasteiger partial charge in [-0.15, -0.1) is 0 Å². The van der Waals surface area contributed by atoms with Crippen LogP contribution in [0.5, 0.6) is 0 Å². The Labute approximate surface area is 70.3 Å². The van der Waals surface area contributed by atoms with Crippen LogP contribution in [0.25, 0.3) is 0 Å². The average Bonchev–Trinajstić information content (AvgIpc) is 1.83. The number of hydrogen-bond donors (Lipinski definition) is 0. The fourth-order valence-electron chi connectivity index (χ4n) is 2.70. The van der Waals surface area contributed by atoms with Gasteiger partial charge in [0.1, 0.15) is 7.28 Å².